The maximum absolute atomic E-state index is 11.7. The highest BCUT2D eigenvalue weighted by Gasteiger charge is 2.29. The number of carbonyl (C=O) groups excluding carboxylic acids is 1. The van der Waals surface area contributed by atoms with E-state index in [2.05, 4.69) is 24.9 Å². The monoisotopic (exact) mass is 264 g/mol. The largest absolute Gasteiger partial charge is 0.336 e. The van der Waals surface area contributed by atoms with E-state index in [0.29, 0.717) is 5.25 Å². The molecule has 1 aromatic heterocycles. The van der Waals surface area contributed by atoms with Crippen molar-refractivity contribution in [2.24, 2.45) is 0 Å². The van der Waals surface area contributed by atoms with Gasteiger partial charge in [0.25, 0.3) is 0 Å². The zero-order valence-electron chi connectivity index (χ0n) is 11.2. The van der Waals surface area contributed by atoms with Crippen molar-refractivity contribution in [1.82, 2.24) is 9.88 Å². The van der Waals surface area contributed by atoms with Crippen LogP contribution in [0.1, 0.15) is 45.2 Å². The molecule has 0 bridgehead atoms. The molecular formula is C14H20N2OS. The van der Waals surface area contributed by atoms with Crippen molar-refractivity contribution in [2.45, 2.75) is 49.9 Å². The Labute approximate surface area is 113 Å². The Morgan fingerprint density at radius 2 is 2.33 bits per heavy atom. The van der Waals surface area contributed by atoms with Crippen molar-refractivity contribution in [2.75, 3.05) is 6.54 Å². The second-order valence-electron chi connectivity index (χ2n) is 4.93. The molecular weight excluding hydrogens is 244 g/mol. The molecule has 0 aromatic carbocycles. The van der Waals surface area contributed by atoms with Crippen LogP contribution in [0.5, 0.6) is 0 Å². The van der Waals surface area contributed by atoms with Crippen LogP contribution >= 0.6 is 11.8 Å². The molecule has 1 fully saturated rings. The van der Waals surface area contributed by atoms with E-state index in [1.807, 2.05) is 17.2 Å². The maximum Gasteiger partial charge on any atom is 0.219 e. The third kappa shape index (κ3) is 2.86. The molecule has 0 N–H and O–H groups in total. The minimum Gasteiger partial charge on any atom is -0.336 e. The van der Waals surface area contributed by atoms with Crippen LogP contribution in [0.4, 0.5) is 0 Å². The highest BCUT2D eigenvalue weighted by molar-refractivity contribution is 7.99. The smallest absolute Gasteiger partial charge is 0.219 e. The Balaban J connectivity index is 2.29. The zero-order chi connectivity index (χ0) is 13.1. The molecule has 1 aromatic rings. The molecule has 2 heterocycles. The maximum atomic E-state index is 11.7. The van der Waals surface area contributed by atoms with E-state index in [1.165, 1.54) is 5.56 Å². The summed E-state index contributed by atoms with van der Waals surface area (Å²) in [5.74, 6) is 0.168. The molecule has 0 unspecified atom stereocenters. The fraction of sp³-hybridized carbons (Fsp3) is 0.571. The molecule has 0 aliphatic carbocycles. The van der Waals surface area contributed by atoms with E-state index in [0.717, 1.165) is 24.4 Å². The molecule has 18 heavy (non-hydrogen) atoms. The molecule has 4 heteroatoms. The molecule has 1 amide bonds. The summed E-state index contributed by atoms with van der Waals surface area (Å²) in [6.45, 7) is 6.87. The van der Waals surface area contributed by atoms with Crippen LogP contribution in [0.3, 0.4) is 0 Å². The van der Waals surface area contributed by atoms with E-state index < -0.39 is 0 Å². The van der Waals surface area contributed by atoms with Gasteiger partial charge in [-0.05, 0) is 18.9 Å². The number of aromatic nitrogens is 1. The van der Waals surface area contributed by atoms with Gasteiger partial charge in [0.05, 0.1) is 6.04 Å². The van der Waals surface area contributed by atoms with Gasteiger partial charge in [0, 0.05) is 30.5 Å². The van der Waals surface area contributed by atoms with Gasteiger partial charge >= 0.3 is 0 Å². The van der Waals surface area contributed by atoms with E-state index in [1.54, 1.807) is 18.7 Å². The van der Waals surface area contributed by atoms with Gasteiger partial charge in [0.1, 0.15) is 5.03 Å². The van der Waals surface area contributed by atoms with Crippen molar-refractivity contribution in [3.63, 3.8) is 0 Å². The van der Waals surface area contributed by atoms with Gasteiger partial charge in [-0.2, -0.15) is 0 Å². The first kappa shape index (κ1) is 13.4. The number of hydrogen-bond acceptors (Lipinski definition) is 3. The summed E-state index contributed by atoms with van der Waals surface area (Å²) in [5, 5.41) is 1.58. The molecule has 1 aliphatic heterocycles. The molecule has 0 saturated carbocycles. The summed E-state index contributed by atoms with van der Waals surface area (Å²) in [5.41, 5.74) is 1.21. The highest BCUT2D eigenvalue weighted by atomic mass is 32.2. The summed E-state index contributed by atoms with van der Waals surface area (Å²) in [6, 6.07) is 4.30. The summed E-state index contributed by atoms with van der Waals surface area (Å²) < 4.78 is 0. The highest BCUT2D eigenvalue weighted by Crippen LogP contribution is 2.37. The van der Waals surface area contributed by atoms with Crippen molar-refractivity contribution in [3.05, 3.63) is 23.9 Å². The van der Waals surface area contributed by atoms with Gasteiger partial charge in [-0.1, -0.05) is 19.9 Å². The average molecular weight is 264 g/mol. The molecule has 0 radical (unpaired) electrons. The lowest BCUT2D eigenvalue weighted by molar-refractivity contribution is -0.129. The number of rotatable bonds is 3. The fourth-order valence-corrected chi connectivity index (χ4v) is 3.35. The Hall–Kier alpha value is -1.03. The molecule has 98 valence electrons. The van der Waals surface area contributed by atoms with Crippen LogP contribution in [-0.4, -0.2) is 27.6 Å². The van der Waals surface area contributed by atoms with Gasteiger partial charge in [-0.25, -0.2) is 4.98 Å². The summed E-state index contributed by atoms with van der Waals surface area (Å²) in [6.07, 6.45) is 3.98. The van der Waals surface area contributed by atoms with Gasteiger partial charge in [-0.3, -0.25) is 4.79 Å². The number of hydrogen-bond donors (Lipinski definition) is 0. The van der Waals surface area contributed by atoms with E-state index in [-0.39, 0.29) is 11.9 Å². The van der Waals surface area contributed by atoms with E-state index in [4.69, 9.17) is 0 Å². The Morgan fingerprint density at radius 1 is 1.56 bits per heavy atom. The lowest BCUT2D eigenvalue weighted by Gasteiger charge is -2.25. The quantitative estimate of drug-likeness (QED) is 0.786. The lowest BCUT2D eigenvalue weighted by Crippen LogP contribution is -2.28. The van der Waals surface area contributed by atoms with Gasteiger partial charge < -0.3 is 4.90 Å². The van der Waals surface area contributed by atoms with Crippen LogP contribution in [0.25, 0.3) is 0 Å². The van der Waals surface area contributed by atoms with Gasteiger partial charge in [-0.15, -0.1) is 11.8 Å². The predicted molar refractivity (Wildman–Crippen MR) is 74.6 cm³/mol. The average Bonchev–Trinajstić information content (AvgIpc) is 2.77. The zero-order valence-corrected chi connectivity index (χ0v) is 12.0. The Morgan fingerprint density at radius 3 is 3.00 bits per heavy atom. The van der Waals surface area contributed by atoms with Crippen molar-refractivity contribution < 1.29 is 4.79 Å². The molecule has 1 saturated heterocycles. The van der Waals surface area contributed by atoms with E-state index in [9.17, 15) is 4.79 Å². The number of carbonyl (C=O) groups is 1. The van der Waals surface area contributed by atoms with Crippen LogP contribution < -0.4 is 0 Å². The van der Waals surface area contributed by atoms with Crippen LogP contribution in [-0.2, 0) is 4.79 Å². The summed E-state index contributed by atoms with van der Waals surface area (Å²) in [4.78, 5) is 18.1. The molecule has 1 aliphatic rings. The van der Waals surface area contributed by atoms with Crippen LogP contribution in [0.2, 0.25) is 0 Å². The third-order valence-corrected chi connectivity index (χ3v) is 4.20. The number of likely N-dealkylation sites (tertiary alicyclic amines) is 1. The van der Waals surface area contributed by atoms with Gasteiger partial charge in [0.15, 0.2) is 0 Å². The number of pyridine rings is 1. The second kappa shape index (κ2) is 5.74. The third-order valence-electron chi connectivity index (χ3n) is 3.16. The first-order chi connectivity index (χ1) is 8.59. The van der Waals surface area contributed by atoms with Crippen LogP contribution in [0.15, 0.2) is 23.4 Å². The summed E-state index contributed by atoms with van der Waals surface area (Å²) in [7, 11) is 0. The van der Waals surface area contributed by atoms with Crippen molar-refractivity contribution >= 4 is 17.7 Å². The number of nitrogens with zero attached hydrogens (tertiary/aromatic N) is 2. The van der Waals surface area contributed by atoms with Crippen LogP contribution in [0, 0.1) is 0 Å². The second-order valence-corrected chi connectivity index (χ2v) is 6.50. The Bertz CT molecular complexity index is 434. The SMILES string of the molecule is CC(=O)N1CCC[C@@H]1c1cccnc1SC(C)C. The number of thioether (sulfide) groups is 1. The standard InChI is InChI=1S/C14H20N2OS/c1-10(2)18-14-12(6-4-8-15-14)13-7-5-9-16(13)11(3)17/h4,6,8,10,13H,5,7,9H2,1-3H3/t13-/m1/s1. The first-order valence-corrected chi connectivity index (χ1v) is 7.36. The summed E-state index contributed by atoms with van der Waals surface area (Å²) >= 11 is 1.78. The molecule has 0 spiro atoms. The molecule has 2 rings (SSSR count). The Kier molecular flexibility index (Phi) is 4.27. The predicted octanol–water partition coefficient (Wildman–Crippen LogP) is 3.27. The molecule has 1 atom stereocenters. The number of amides is 1. The van der Waals surface area contributed by atoms with Gasteiger partial charge in [0.2, 0.25) is 5.91 Å². The normalized spacial score (nSPS) is 19.6. The molecule has 3 nitrogen and oxygen atoms in total. The van der Waals surface area contributed by atoms with E-state index >= 15 is 0 Å². The first-order valence-electron chi connectivity index (χ1n) is 6.48. The lowest BCUT2D eigenvalue weighted by atomic mass is 10.1. The minimum absolute atomic E-state index is 0.168. The topological polar surface area (TPSA) is 33.2 Å². The minimum atomic E-state index is 0.168. The fourth-order valence-electron chi connectivity index (χ4n) is 2.45. The van der Waals surface area contributed by atoms with Crippen molar-refractivity contribution in [1.29, 1.82) is 0 Å². The van der Waals surface area contributed by atoms with Crippen molar-refractivity contribution in [3.8, 4) is 0 Å².